The highest BCUT2D eigenvalue weighted by Crippen LogP contribution is 2.15. The molecule has 14 heavy (non-hydrogen) atoms. The van der Waals surface area contributed by atoms with Gasteiger partial charge in [-0.15, -0.1) is 0 Å². The standard InChI is InChI=1S/C12H15NO/c1-9-4-2-3-5-10(9)8-11-6-7-12(14)13-11/h2-5,11H,6-8H2,1H3,(H,13,14). The second-order valence-corrected chi connectivity index (χ2v) is 3.93. The van der Waals surface area contributed by atoms with E-state index in [0.29, 0.717) is 12.5 Å². The van der Waals surface area contributed by atoms with Gasteiger partial charge in [0.2, 0.25) is 5.91 Å². The lowest BCUT2D eigenvalue weighted by Gasteiger charge is -2.11. The van der Waals surface area contributed by atoms with Crippen molar-refractivity contribution in [1.29, 1.82) is 0 Å². The Kier molecular flexibility index (Phi) is 2.53. The van der Waals surface area contributed by atoms with Crippen LogP contribution >= 0.6 is 0 Å². The summed E-state index contributed by atoms with van der Waals surface area (Å²) in [4.78, 5) is 11.0. The Morgan fingerprint density at radius 3 is 2.86 bits per heavy atom. The predicted molar refractivity (Wildman–Crippen MR) is 56.0 cm³/mol. The normalized spacial score (nSPS) is 20.9. The lowest BCUT2D eigenvalue weighted by molar-refractivity contribution is -0.119. The molecule has 0 aromatic heterocycles. The van der Waals surface area contributed by atoms with Gasteiger partial charge < -0.3 is 5.32 Å². The summed E-state index contributed by atoms with van der Waals surface area (Å²) in [5.74, 6) is 0.198. The van der Waals surface area contributed by atoms with Crippen molar-refractivity contribution in [2.45, 2.75) is 32.2 Å². The number of hydrogen-bond donors (Lipinski definition) is 1. The summed E-state index contributed by atoms with van der Waals surface area (Å²) in [6, 6.07) is 8.71. The number of aryl methyl sites for hydroxylation is 1. The van der Waals surface area contributed by atoms with Gasteiger partial charge in [-0.05, 0) is 30.9 Å². The number of nitrogens with one attached hydrogen (secondary N) is 1. The summed E-state index contributed by atoms with van der Waals surface area (Å²) in [6.45, 7) is 2.12. The molecule has 1 amide bonds. The third-order valence-electron chi connectivity index (χ3n) is 2.81. The van der Waals surface area contributed by atoms with E-state index in [0.717, 1.165) is 12.8 Å². The quantitative estimate of drug-likeness (QED) is 0.755. The van der Waals surface area contributed by atoms with Crippen LogP contribution in [0.25, 0.3) is 0 Å². The largest absolute Gasteiger partial charge is 0.353 e. The van der Waals surface area contributed by atoms with Gasteiger partial charge in [-0.2, -0.15) is 0 Å². The van der Waals surface area contributed by atoms with Gasteiger partial charge >= 0.3 is 0 Å². The Balaban J connectivity index is 2.04. The van der Waals surface area contributed by atoms with E-state index in [-0.39, 0.29) is 5.91 Å². The minimum Gasteiger partial charge on any atom is -0.353 e. The van der Waals surface area contributed by atoms with Crippen LogP contribution in [0.15, 0.2) is 24.3 Å². The van der Waals surface area contributed by atoms with E-state index in [2.05, 4.69) is 30.4 Å². The zero-order valence-corrected chi connectivity index (χ0v) is 8.42. The molecule has 1 aliphatic rings. The smallest absolute Gasteiger partial charge is 0.220 e. The Morgan fingerprint density at radius 2 is 2.21 bits per heavy atom. The van der Waals surface area contributed by atoms with Gasteiger partial charge in [0.1, 0.15) is 0 Å². The molecule has 1 fully saturated rings. The van der Waals surface area contributed by atoms with Gasteiger partial charge in [0, 0.05) is 12.5 Å². The molecule has 1 atom stereocenters. The Morgan fingerprint density at radius 1 is 1.43 bits per heavy atom. The summed E-state index contributed by atoms with van der Waals surface area (Å²) >= 11 is 0. The van der Waals surface area contributed by atoms with Crippen molar-refractivity contribution in [2.75, 3.05) is 0 Å². The van der Waals surface area contributed by atoms with Crippen LogP contribution in [-0.4, -0.2) is 11.9 Å². The van der Waals surface area contributed by atoms with Crippen molar-refractivity contribution in [3.05, 3.63) is 35.4 Å². The third-order valence-corrected chi connectivity index (χ3v) is 2.81. The lowest BCUT2D eigenvalue weighted by atomic mass is 10.0. The maximum absolute atomic E-state index is 11.0. The number of hydrogen-bond acceptors (Lipinski definition) is 1. The van der Waals surface area contributed by atoms with Crippen molar-refractivity contribution >= 4 is 5.91 Å². The van der Waals surface area contributed by atoms with Gasteiger partial charge in [-0.25, -0.2) is 0 Å². The SMILES string of the molecule is Cc1ccccc1CC1CCC(=O)N1. The fourth-order valence-corrected chi connectivity index (χ4v) is 1.94. The lowest BCUT2D eigenvalue weighted by Crippen LogP contribution is -2.27. The van der Waals surface area contributed by atoms with E-state index in [1.54, 1.807) is 0 Å². The van der Waals surface area contributed by atoms with Crippen LogP contribution in [0, 0.1) is 6.92 Å². The van der Waals surface area contributed by atoms with Crippen molar-refractivity contribution < 1.29 is 4.79 Å². The minimum absolute atomic E-state index is 0.198. The first-order valence-corrected chi connectivity index (χ1v) is 5.09. The molecule has 1 saturated heterocycles. The van der Waals surface area contributed by atoms with Gasteiger partial charge in [-0.3, -0.25) is 4.79 Å². The Hall–Kier alpha value is -1.31. The van der Waals surface area contributed by atoms with Crippen molar-refractivity contribution in [3.8, 4) is 0 Å². The summed E-state index contributed by atoms with van der Waals surface area (Å²) in [7, 11) is 0. The molecule has 1 aromatic carbocycles. The number of rotatable bonds is 2. The summed E-state index contributed by atoms with van der Waals surface area (Å²) in [5.41, 5.74) is 2.66. The number of benzene rings is 1. The summed E-state index contributed by atoms with van der Waals surface area (Å²) in [5, 5.41) is 2.99. The first-order chi connectivity index (χ1) is 6.75. The number of carbonyl (C=O) groups excluding carboxylic acids is 1. The average molecular weight is 189 g/mol. The van der Waals surface area contributed by atoms with Crippen LogP contribution in [0.4, 0.5) is 0 Å². The van der Waals surface area contributed by atoms with E-state index < -0.39 is 0 Å². The molecule has 1 aliphatic heterocycles. The molecule has 0 aliphatic carbocycles. The minimum atomic E-state index is 0.198. The predicted octanol–water partition coefficient (Wildman–Crippen LogP) is 1.82. The number of amides is 1. The molecule has 1 unspecified atom stereocenters. The molecular weight excluding hydrogens is 174 g/mol. The van der Waals surface area contributed by atoms with Gasteiger partial charge in [0.05, 0.1) is 0 Å². The van der Waals surface area contributed by atoms with E-state index in [1.807, 2.05) is 6.07 Å². The van der Waals surface area contributed by atoms with Crippen molar-refractivity contribution in [3.63, 3.8) is 0 Å². The zero-order valence-electron chi connectivity index (χ0n) is 8.42. The molecule has 2 nitrogen and oxygen atoms in total. The molecule has 0 radical (unpaired) electrons. The number of carbonyl (C=O) groups is 1. The summed E-state index contributed by atoms with van der Waals surface area (Å²) < 4.78 is 0. The molecule has 0 bridgehead atoms. The molecule has 2 rings (SSSR count). The first kappa shape index (κ1) is 9.25. The maximum Gasteiger partial charge on any atom is 0.220 e. The van der Waals surface area contributed by atoms with E-state index >= 15 is 0 Å². The second-order valence-electron chi connectivity index (χ2n) is 3.93. The average Bonchev–Trinajstić information content (AvgIpc) is 2.56. The van der Waals surface area contributed by atoms with Gasteiger partial charge in [0.25, 0.3) is 0 Å². The molecule has 0 spiro atoms. The second kappa shape index (κ2) is 3.82. The van der Waals surface area contributed by atoms with Gasteiger partial charge in [0.15, 0.2) is 0 Å². The molecule has 74 valence electrons. The van der Waals surface area contributed by atoms with Crippen molar-refractivity contribution in [1.82, 2.24) is 5.32 Å². The molecule has 1 heterocycles. The third kappa shape index (κ3) is 1.95. The van der Waals surface area contributed by atoms with Crippen LogP contribution in [0.2, 0.25) is 0 Å². The fourth-order valence-electron chi connectivity index (χ4n) is 1.94. The highest BCUT2D eigenvalue weighted by atomic mass is 16.1. The first-order valence-electron chi connectivity index (χ1n) is 5.09. The highest BCUT2D eigenvalue weighted by Gasteiger charge is 2.20. The van der Waals surface area contributed by atoms with Crippen LogP contribution in [0.3, 0.4) is 0 Å². The zero-order chi connectivity index (χ0) is 9.97. The molecule has 2 heteroatoms. The van der Waals surface area contributed by atoms with Crippen molar-refractivity contribution in [2.24, 2.45) is 0 Å². The van der Waals surface area contributed by atoms with Crippen LogP contribution < -0.4 is 5.32 Å². The molecule has 1 N–H and O–H groups in total. The van der Waals surface area contributed by atoms with E-state index in [1.165, 1.54) is 11.1 Å². The van der Waals surface area contributed by atoms with Gasteiger partial charge in [-0.1, -0.05) is 24.3 Å². The Bertz CT molecular complexity index is 346. The van der Waals surface area contributed by atoms with Crippen LogP contribution in [0.5, 0.6) is 0 Å². The van der Waals surface area contributed by atoms with Crippen LogP contribution in [-0.2, 0) is 11.2 Å². The van der Waals surface area contributed by atoms with E-state index in [4.69, 9.17) is 0 Å². The Labute approximate surface area is 84.3 Å². The monoisotopic (exact) mass is 189 g/mol. The van der Waals surface area contributed by atoms with E-state index in [9.17, 15) is 4.79 Å². The molecule has 0 saturated carbocycles. The highest BCUT2D eigenvalue weighted by molar-refractivity contribution is 5.78. The van der Waals surface area contributed by atoms with Crippen LogP contribution in [0.1, 0.15) is 24.0 Å². The fraction of sp³-hybridized carbons (Fsp3) is 0.417. The molecule has 1 aromatic rings. The molecular formula is C12H15NO. The summed E-state index contributed by atoms with van der Waals surface area (Å²) in [6.07, 6.45) is 2.64. The topological polar surface area (TPSA) is 29.1 Å². The maximum atomic E-state index is 11.0.